The standard InChI is InChI=1S/C4F8O2/c5-1(6,7)4(12)13-2(8,9)3(10,11)14-4. The van der Waals surface area contributed by atoms with Crippen LogP contribution in [0.25, 0.3) is 0 Å². The van der Waals surface area contributed by atoms with Crippen LogP contribution < -0.4 is 0 Å². The maximum Gasteiger partial charge on any atom is 0.478 e. The Labute approximate surface area is 70.4 Å². The fraction of sp³-hybridized carbons (Fsp3) is 1.00. The molecule has 0 radical (unpaired) electrons. The van der Waals surface area contributed by atoms with Crippen molar-refractivity contribution in [2.75, 3.05) is 0 Å². The van der Waals surface area contributed by atoms with Gasteiger partial charge in [0.2, 0.25) is 0 Å². The second kappa shape index (κ2) is 2.48. The highest BCUT2D eigenvalue weighted by atomic mass is 19.4. The molecule has 0 aromatic carbocycles. The molecule has 0 spiro atoms. The Morgan fingerprint density at radius 1 is 0.714 bits per heavy atom. The quantitative estimate of drug-likeness (QED) is 0.597. The zero-order chi connectivity index (χ0) is 11.4. The molecule has 0 aromatic rings. The molecule has 2 nitrogen and oxygen atoms in total. The van der Waals surface area contributed by atoms with Crippen LogP contribution in [0.15, 0.2) is 0 Å². The summed E-state index contributed by atoms with van der Waals surface area (Å²) in [4.78, 5) is 0. The summed E-state index contributed by atoms with van der Waals surface area (Å²) in [6.07, 6.45) is -17.5. The lowest BCUT2D eigenvalue weighted by molar-refractivity contribution is -0.435. The van der Waals surface area contributed by atoms with Crippen LogP contribution in [0.3, 0.4) is 0 Å². The molecule has 1 aliphatic heterocycles. The molecular weight excluding hydrogens is 232 g/mol. The first-order valence-electron chi connectivity index (χ1n) is 2.83. The molecule has 0 bridgehead atoms. The zero-order valence-electron chi connectivity index (χ0n) is 5.84. The SMILES string of the molecule is FC(F)(F)C1(F)OC(F)(F)C(F)(F)O1. The monoisotopic (exact) mass is 232 g/mol. The summed E-state index contributed by atoms with van der Waals surface area (Å²) in [5.74, 6) is 0. The van der Waals surface area contributed by atoms with E-state index in [4.69, 9.17) is 0 Å². The summed E-state index contributed by atoms with van der Waals surface area (Å²) in [5, 5.41) is 0. The van der Waals surface area contributed by atoms with Gasteiger partial charge in [0.25, 0.3) is 0 Å². The van der Waals surface area contributed by atoms with E-state index in [9.17, 15) is 35.1 Å². The summed E-state index contributed by atoms with van der Waals surface area (Å²) in [6.45, 7) is 0. The summed E-state index contributed by atoms with van der Waals surface area (Å²) < 4.78 is 99.0. The first-order chi connectivity index (χ1) is 5.91. The van der Waals surface area contributed by atoms with Crippen molar-refractivity contribution >= 4 is 0 Å². The van der Waals surface area contributed by atoms with Crippen molar-refractivity contribution in [3.63, 3.8) is 0 Å². The maximum atomic E-state index is 12.3. The van der Waals surface area contributed by atoms with E-state index in [1.165, 1.54) is 0 Å². The molecular formula is C4F8O2. The van der Waals surface area contributed by atoms with Gasteiger partial charge < -0.3 is 0 Å². The minimum atomic E-state index is -6.14. The van der Waals surface area contributed by atoms with E-state index in [-0.39, 0.29) is 0 Å². The third-order valence-electron chi connectivity index (χ3n) is 1.20. The fourth-order valence-corrected chi connectivity index (χ4v) is 0.585. The zero-order valence-corrected chi connectivity index (χ0v) is 5.84. The van der Waals surface area contributed by atoms with Gasteiger partial charge in [-0.15, -0.1) is 0 Å². The average Bonchev–Trinajstić information content (AvgIpc) is 1.95. The molecule has 14 heavy (non-hydrogen) atoms. The predicted octanol–water partition coefficient (Wildman–Crippen LogP) is 2.40. The summed E-state index contributed by atoms with van der Waals surface area (Å²) in [5.41, 5.74) is 0. The Balaban J connectivity index is 3.03. The third-order valence-corrected chi connectivity index (χ3v) is 1.20. The van der Waals surface area contributed by atoms with E-state index < -0.39 is 24.4 Å². The van der Waals surface area contributed by atoms with Crippen LogP contribution in [0.1, 0.15) is 0 Å². The molecule has 0 amide bonds. The number of hydrogen-bond donors (Lipinski definition) is 0. The number of hydrogen-bond acceptors (Lipinski definition) is 2. The summed E-state index contributed by atoms with van der Waals surface area (Å²) in [6, 6.07) is -5.50. The molecule has 0 N–H and O–H groups in total. The van der Waals surface area contributed by atoms with Gasteiger partial charge in [-0.05, 0) is 0 Å². The van der Waals surface area contributed by atoms with E-state index in [2.05, 4.69) is 9.47 Å². The van der Waals surface area contributed by atoms with Gasteiger partial charge in [-0.2, -0.15) is 35.1 Å². The van der Waals surface area contributed by atoms with E-state index in [1.807, 2.05) is 0 Å². The van der Waals surface area contributed by atoms with Crippen molar-refractivity contribution in [2.45, 2.75) is 24.4 Å². The van der Waals surface area contributed by atoms with Crippen molar-refractivity contribution in [3.8, 4) is 0 Å². The molecule has 1 rings (SSSR count). The van der Waals surface area contributed by atoms with Gasteiger partial charge in [-0.3, -0.25) is 0 Å². The van der Waals surface area contributed by atoms with Crippen LogP contribution in [0, 0.1) is 0 Å². The largest absolute Gasteiger partial charge is 0.478 e. The Hall–Kier alpha value is -0.640. The van der Waals surface area contributed by atoms with E-state index in [1.54, 1.807) is 0 Å². The minimum Gasteiger partial charge on any atom is -0.244 e. The van der Waals surface area contributed by atoms with Crippen LogP contribution in [0.4, 0.5) is 35.1 Å². The predicted molar refractivity (Wildman–Crippen MR) is 22.0 cm³/mol. The van der Waals surface area contributed by atoms with Gasteiger partial charge >= 0.3 is 24.4 Å². The Bertz CT molecular complexity index is 228. The van der Waals surface area contributed by atoms with Gasteiger partial charge in [-0.25, -0.2) is 9.47 Å². The first kappa shape index (κ1) is 11.4. The molecule has 0 atom stereocenters. The second-order valence-electron chi connectivity index (χ2n) is 2.27. The lowest BCUT2D eigenvalue weighted by Gasteiger charge is -2.19. The highest BCUT2D eigenvalue weighted by Gasteiger charge is 2.81. The van der Waals surface area contributed by atoms with E-state index >= 15 is 0 Å². The minimum absolute atomic E-state index is 2.22. The van der Waals surface area contributed by atoms with Crippen LogP contribution >= 0.6 is 0 Å². The van der Waals surface area contributed by atoms with Gasteiger partial charge in [-0.1, -0.05) is 0 Å². The molecule has 0 aliphatic carbocycles. The molecule has 84 valence electrons. The first-order valence-corrected chi connectivity index (χ1v) is 2.83. The molecule has 0 aromatic heterocycles. The Morgan fingerprint density at radius 2 is 1.00 bits per heavy atom. The lowest BCUT2D eigenvalue weighted by atomic mass is 10.6. The number of halogens is 8. The van der Waals surface area contributed by atoms with Crippen LogP contribution in [0.5, 0.6) is 0 Å². The maximum absolute atomic E-state index is 12.3. The molecule has 1 heterocycles. The third kappa shape index (κ3) is 1.41. The van der Waals surface area contributed by atoms with Gasteiger partial charge in [0.1, 0.15) is 0 Å². The van der Waals surface area contributed by atoms with E-state index in [0.717, 1.165) is 0 Å². The highest BCUT2D eigenvalue weighted by molar-refractivity contribution is 4.83. The van der Waals surface area contributed by atoms with Crippen molar-refractivity contribution in [2.24, 2.45) is 0 Å². The van der Waals surface area contributed by atoms with Crippen molar-refractivity contribution in [3.05, 3.63) is 0 Å². The molecule has 1 aliphatic rings. The average molecular weight is 232 g/mol. The van der Waals surface area contributed by atoms with Crippen molar-refractivity contribution < 1.29 is 44.6 Å². The Kier molecular flexibility index (Phi) is 2.03. The summed E-state index contributed by atoms with van der Waals surface area (Å²) >= 11 is 0. The molecule has 0 unspecified atom stereocenters. The number of ether oxygens (including phenoxy) is 2. The van der Waals surface area contributed by atoms with Gasteiger partial charge in [0, 0.05) is 0 Å². The van der Waals surface area contributed by atoms with Crippen LogP contribution in [0.2, 0.25) is 0 Å². The van der Waals surface area contributed by atoms with Crippen LogP contribution in [-0.2, 0) is 9.47 Å². The topological polar surface area (TPSA) is 18.5 Å². The molecule has 10 heteroatoms. The second-order valence-corrected chi connectivity index (χ2v) is 2.27. The fourth-order valence-electron chi connectivity index (χ4n) is 0.585. The highest BCUT2D eigenvalue weighted by Crippen LogP contribution is 2.54. The van der Waals surface area contributed by atoms with Crippen molar-refractivity contribution in [1.82, 2.24) is 0 Å². The molecule has 1 fully saturated rings. The number of rotatable bonds is 0. The van der Waals surface area contributed by atoms with Gasteiger partial charge in [0.15, 0.2) is 0 Å². The Morgan fingerprint density at radius 3 is 1.14 bits per heavy atom. The van der Waals surface area contributed by atoms with Crippen molar-refractivity contribution in [1.29, 1.82) is 0 Å². The molecule has 0 saturated carbocycles. The number of alkyl halides is 8. The smallest absolute Gasteiger partial charge is 0.244 e. The molecule has 1 saturated heterocycles. The lowest BCUT2D eigenvalue weighted by Crippen LogP contribution is -2.43. The van der Waals surface area contributed by atoms with Gasteiger partial charge in [0.05, 0.1) is 0 Å². The summed E-state index contributed by atoms with van der Waals surface area (Å²) in [7, 11) is 0. The van der Waals surface area contributed by atoms with E-state index in [0.29, 0.717) is 0 Å². The normalized spacial score (nSPS) is 29.1. The van der Waals surface area contributed by atoms with Crippen LogP contribution in [-0.4, -0.2) is 24.4 Å².